The molecule has 2 saturated heterocycles. The van der Waals surface area contributed by atoms with Crippen LogP contribution in [0.25, 0.3) is 6.08 Å². The number of nitrogens with zero attached hydrogens (tertiary/aromatic N) is 1. The smallest absolute Gasteiger partial charge is 0.309 e. The molecule has 1 aromatic heterocycles. The lowest BCUT2D eigenvalue weighted by Gasteiger charge is -2.34. The number of hydrogen-bond donors (Lipinski definition) is 3. The van der Waals surface area contributed by atoms with Gasteiger partial charge in [-0.3, -0.25) is 9.59 Å². The van der Waals surface area contributed by atoms with E-state index >= 15 is 0 Å². The van der Waals surface area contributed by atoms with Gasteiger partial charge >= 0.3 is 5.97 Å². The summed E-state index contributed by atoms with van der Waals surface area (Å²) in [5, 5.41) is 24.5. The number of epoxide rings is 1. The quantitative estimate of drug-likeness (QED) is 0.405. The van der Waals surface area contributed by atoms with Crippen LogP contribution >= 0.6 is 11.3 Å². The van der Waals surface area contributed by atoms with Gasteiger partial charge in [0.05, 0.1) is 41.4 Å². The molecule has 7 atom stereocenters. The Balaban J connectivity index is 1.85. The number of esters is 1. The molecular weight excluding hydrogens is 480 g/mol. The standard InChI is InChI=1S/C27H42N2O6S/c1-15-8-7-9-27(6)21(35-27)11-19(16(2)10-18-14-36-22(13-28)29-18)34-23(31)12-20(30)26(4,5)25(33)17(3)24(15)32/h10,14-15,17,19-21,24,30,32H,7-9,11-13,28H2,1-6H3/b16-10+/t15-,17+,19-,20-,21-,24?,27+/m0/s1. The predicted molar refractivity (Wildman–Crippen MR) is 139 cm³/mol. The highest BCUT2D eigenvalue weighted by molar-refractivity contribution is 7.09. The van der Waals surface area contributed by atoms with Crippen LogP contribution in [0, 0.1) is 17.3 Å². The molecule has 0 radical (unpaired) electrons. The molecule has 4 N–H and O–H groups in total. The second-order valence-electron chi connectivity index (χ2n) is 11.3. The Bertz CT molecular complexity index is 975. The van der Waals surface area contributed by atoms with Crippen molar-refractivity contribution in [3.63, 3.8) is 0 Å². The topological polar surface area (TPSA) is 135 Å². The van der Waals surface area contributed by atoms with Crippen molar-refractivity contribution in [3.05, 3.63) is 21.7 Å². The Morgan fingerprint density at radius 3 is 2.61 bits per heavy atom. The number of hydrogen-bond acceptors (Lipinski definition) is 9. The van der Waals surface area contributed by atoms with E-state index in [9.17, 15) is 19.8 Å². The molecule has 0 saturated carbocycles. The minimum atomic E-state index is -1.24. The van der Waals surface area contributed by atoms with Crippen molar-refractivity contribution in [2.24, 2.45) is 23.0 Å². The summed E-state index contributed by atoms with van der Waals surface area (Å²) < 4.78 is 11.9. The highest BCUT2D eigenvalue weighted by Gasteiger charge is 2.53. The Kier molecular flexibility index (Phi) is 9.15. The maximum Gasteiger partial charge on any atom is 0.309 e. The van der Waals surface area contributed by atoms with Gasteiger partial charge in [0.25, 0.3) is 0 Å². The fraction of sp³-hybridized carbons (Fsp3) is 0.741. The van der Waals surface area contributed by atoms with Gasteiger partial charge in [-0.1, -0.05) is 34.1 Å². The van der Waals surface area contributed by atoms with Crippen LogP contribution in [-0.2, 0) is 25.6 Å². The van der Waals surface area contributed by atoms with Gasteiger partial charge in [-0.05, 0) is 44.3 Å². The highest BCUT2D eigenvalue weighted by atomic mass is 32.1. The summed E-state index contributed by atoms with van der Waals surface area (Å²) in [6.07, 6.45) is 1.80. The molecule has 36 heavy (non-hydrogen) atoms. The normalized spacial score (nSPS) is 36.8. The number of thiazole rings is 1. The Hall–Kier alpha value is -1.65. The Morgan fingerprint density at radius 2 is 1.97 bits per heavy atom. The van der Waals surface area contributed by atoms with Gasteiger partial charge in [0.15, 0.2) is 0 Å². The first kappa shape index (κ1) is 28.9. The number of cyclic esters (lactones) is 1. The van der Waals surface area contributed by atoms with Crippen LogP contribution in [0.5, 0.6) is 0 Å². The van der Waals surface area contributed by atoms with E-state index in [1.807, 2.05) is 25.3 Å². The molecule has 0 aliphatic carbocycles. The van der Waals surface area contributed by atoms with Crippen LogP contribution in [-0.4, -0.2) is 57.0 Å². The van der Waals surface area contributed by atoms with Crippen LogP contribution in [0.3, 0.4) is 0 Å². The highest BCUT2D eigenvalue weighted by Crippen LogP contribution is 2.45. The number of fused-ring (bicyclic) bond motifs is 1. The number of aliphatic hydroxyl groups is 2. The molecule has 8 nitrogen and oxygen atoms in total. The number of Topliss-reactive ketones (excluding diaryl/α,β-unsaturated/α-hetero) is 1. The summed E-state index contributed by atoms with van der Waals surface area (Å²) in [5.74, 6) is -1.59. The Labute approximate surface area is 218 Å². The number of aromatic nitrogens is 1. The van der Waals surface area contributed by atoms with Crippen molar-refractivity contribution in [3.8, 4) is 0 Å². The predicted octanol–water partition coefficient (Wildman–Crippen LogP) is 3.63. The van der Waals surface area contributed by atoms with Gasteiger partial charge in [-0.25, -0.2) is 4.98 Å². The van der Waals surface area contributed by atoms with Crippen molar-refractivity contribution in [1.82, 2.24) is 4.98 Å². The molecule has 1 aromatic rings. The van der Waals surface area contributed by atoms with Crippen molar-refractivity contribution in [1.29, 1.82) is 0 Å². The third kappa shape index (κ3) is 6.61. The number of carbonyl (C=O) groups is 2. The van der Waals surface area contributed by atoms with Crippen LogP contribution in [0.1, 0.15) is 84.3 Å². The van der Waals surface area contributed by atoms with Gasteiger partial charge in [-0.2, -0.15) is 0 Å². The number of aliphatic hydroxyl groups excluding tert-OH is 2. The average Bonchev–Trinajstić information content (AvgIpc) is 3.23. The summed E-state index contributed by atoms with van der Waals surface area (Å²) in [4.78, 5) is 30.7. The second-order valence-corrected chi connectivity index (χ2v) is 12.3. The number of nitrogens with two attached hydrogens (primary N) is 1. The SMILES string of the molecule is C/C(=C\c1csc(CN)n1)[C@@H]1C[C@@H]2O[C@]2(C)CCC[C@H](C)C(O)[C@@H](C)C(=O)C(C)(C)[C@@H](O)CC(=O)O1. The Morgan fingerprint density at radius 1 is 1.28 bits per heavy atom. The van der Waals surface area contributed by atoms with Crippen LogP contribution in [0.2, 0.25) is 0 Å². The monoisotopic (exact) mass is 522 g/mol. The minimum absolute atomic E-state index is 0.0660. The molecule has 2 aliphatic rings. The summed E-state index contributed by atoms with van der Waals surface area (Å²) >= 11 is 1.48. The summed E-state index contributed by atoms with van der Waals surface area (Å²) in [7, 11) is 0. The largest absolute Gasteiger partial charge is 0.458 e. The van der Waals surface area contributed by atoms with Crippen LogP contribution < -0.4 is 5.73 Å². The zero-order valence-corrected chi connectivity index (χ0v) is 23.1. The number of carbonyl (C=O) groups excluding carboxylic acids is 2. The van der Waals surface area contributed by atoms with Gasteiger partial charge in [0.1, 0.15) is 16.9 Å². The summed E-state index contributed by atoms with van der Waals surface area (Å²) in [6, 6.07) is 0. The van der Waals surface area contributed by atoms with E-state index in [2.05, 4.69) is 11.9 Å². The van der Waals surface area contributed by atoms with Gasteiger partial charge < -0.3 is 25.4 Å². The lowest BCUT2D eigenvalue weighted by Crippen LogP contribution is -2.45. The zero-order valence-electron chi connectivity index (χ0n) is 22.3. The van der Waals surface area contributed by atoms with E-state index in [0.717, 1.165) is 35.5 Å². The molecule has 0 aromatic carbocycles. The third-order valence-electron chi connectivity index (χ3n) is 8.03. The second kappa shape index (κ2) is 11.4. The summed E-state index contributed by atoms with van der Waals surface area (Å²) in [6.45, 7) is 11.2. The van der Waals surface area contributed by atoms with E-state index in [4.69, 9.17) is 15.2 Å². The average molecular weight is 523 g/mol. The maximum atomic E-state index is 13.2. The zero-order chi connectivity index (χ0) is 26.8. The number of rotatable bonds is 3. The third-order valence-corrected chi connectivity index (χ3v) is 8.92. The molecule has 9 heteroatoms. The number of ketones is 1. The van der Waals surface area contributed by atoms with E-state index in [0.29, 0.717) is 13.0 Å². The van der Waals surface area contributed by atoms with E-state index in [1.165, 1.54) is 11.3 Å². The van der Waals surface area contributed by atoms with E-state index in [-0.39, 0.29) is 29.8 Å². The van der Waals surface area contributed by atoms with E-state index in [1.54, 1.807) is 20.8 Å². The molecule has 2 fully saturated rings. The first-order valence-corrected chi connectivity index (χ1v) is 13.8. The minimum Gasteiger partial charge on any atom is -0.458 e. The van der Waals surface area contributed by atoms with Gasteiger partial charge in [0.2, 0.25) is 0 Å². The molecule has 0 bridgehead atoms. The molecule has 0 spiro atoms. The molecular formula is C27H42N2O6S. The number of ether oxygens (including phenoxy) is 2. The van der Waals surface area contributed by atoms with Crippen molar-refractivity contribution in [2.75, 3.05) is 0 Å². The first-order chi connectivity index (χ1) is 16.8. The molecule has 0 amide bonds. The van der Waals surface area contributed by atoms with Crippen molar-refractivity contribution in [2.45, 2.75) is 110 Å². The molecule has 3 heterocycles. The van der Waals surface area contributed by atoms with Crippen molar-refractivity contribution < 1.29 is 29.3 Å². The fourth-order valence-corrected chi connectivity index (χ4v) is 5.74. The summed E-state index contributed by atoms with van der Waals surface area (Å²) in [5.41, 5.74) is 5.74. The molecule has 202 valence electrons. The van der Waals surface area contributed by atoms with Gasteiger partial charge in [-0.15, -0.1) is 11.3 Å². The fourth-order valence-electron chi connectivity index (χ4n) is 5.11. The van der Waals surface area contributed by atoms with Crippen LogP contribution in [0.15, 0.2) is 11.0 Å². The lowest BCUT2D eigenvalue weighted by molar-refractivity contribution is -0.154. The van der Waals surface area contributed by atoms with Gasteiger partial charge in [0, 0.05) is 24.3 Å². The molecule has 1 unspecified atom stereocenters. The van der Waals surface area contributed by atoms with Crippen LogP contribution in [0.4, 0.5) is 0 Å². The lowest BCUT2D eigenvalue weighted by atomic mass is 9.73. The first-order valence-electron chi connectivity index (χ1n) is 12.9. The molecule has 2 aliphatic heterocycles. The van der Waals surface area contributed by atoms with Crippen molar-refractivity contribution >= 4 is 29.2 Å². The molecule has 3 rings (SSSR count). The van der Waals surface area contributed by atoms with E-state index < -0.39 is 35.6 Å². The maximum absolute atomic E-state index is 13.2.